The average Bonchev–Trinajstić information content (AvgIpc) is 2.39. The molecule has 3 heteroatoms. The predicted molar refractivity (Wildman–Crippen MR) is 73.2 cm³/mol. The number of Topliss-reactive ketones (excluding diaryl/α,β-unsaturated/α-hetero) is 1. The van der Waals surface area contributed by atoms with Gasteiger partial charge in [0.2, 0.25) is 0 Å². The van der Waals surface area contributed by atoms with Crippen LogP contribution in [-0.2, 0) is 16.1 Å². The van der Waals surface area contributed by atoms with Gasteiger partial charge >= 0.3 is 0 Å². The summed E-state index contributed by atoms with van der Waals surface area (Å²) in [7, 11) is 0. The smallest absolute Gasteiger partial charge is 0.149 e. The van der Waals surface area contributed by atoms with Gasteiger partial charge in [0.05, 0.1) is 12.6 Å². The van der Waals surface area contributed by atoms with Crippen LogP contribution < -0.4 is 5.73 Å². The molecule has 1 aromatic carbocycles. The van der Waals surface area contributed by atoms with Crippen LogP contribution in [0.25, 0.3) is 0 Å². The summed E-state index contributed by atoms with van der Waals surface area (Å²) in [5.74, 6) is 0.153. The fourth-order valence-corrected chi connectivity index (χ4v) is 1.77. The molecule has 1 atom stereocenters. The van der Waals surface area contributed by atoms with Crippen molar-refractivity contribution < 1.29 is 9.53 Å². The summed E-state index contributed by atoms with van der Waals surface area (Å²) in [5.41, 5.74) is 6.90. The fraction of sp³-hybridized carbons (Fsp3) is 0.533. The Bertz CT molecular complexity index is 338. The molecule has 0 bridgehead atoms. The summed E-state index contributed by atoms with van der Waals surface area (Å²) in [5, 5.41) is 0. The molecule has 1 rings (SSSR count). The topological polar surface area (TPSA) is 52.3 Å². The number of hydrogen-bond donors (Lipinski definition) is 1. The minimum Gasteiger partial charge on any atom is -0.377 e. The van der Waals surface area contributed by atoms with Crippen LogP contribution in [0, 0.1) is 0 Å². The van der Waals surface area contributed by atoms with Gasteiger partial charge in [-0.1, -0.05) is 43.7 Å². The molecule has 0 unspecified atom stereocenters. The molecular formula is C15H23NO2. The Hall–Kier alpha value is -1.19. The van der Waals surface area contributed by atoms with Crippen LogP contribution in [0.2, 0.25) is 0 Å². The van der Waals surface area contributed by atoms with E-state index < -0.39 is 0 Å². The van der Waals surface area contributed by atoms with E-state index in [1.54, 1.807) is 0 Å². The zero-order chi connectivity index (χ0) is 13.2. The molecule has 0 aromatic heterocycles. The van der Waals surface area contributed by atoms with Crippen LogP contribution in [0.1, 0.15) is 38.2 Å². The quantitative estimate of drug-likeness (QED) is 0.685. The van der Waals surface area contributed by atoms with Gasteiger partial charge in [-0.15, -0.1) is 0 Å². The number of hydrogen-bond acceptors (Lipinski definition) is 3. The first-order chi connectivity index (χ1) is 8.74. The van der Waals surface area contributed by atoms with Crippen LogP contribution in [0.5, 0.6) is 0 Å². The zero-order valence-corrected chi connectivity index (χ0v) is 11.1. The minimum absolute atomic E-state index is 0.153. The molecule has 1 aromatic rings. The summed E-state index contributed by atoms with van der Waals surface area (Å²) >= 11 is 0. The first kappa shape index (κ1) is 14.9. The molecular weight excluding hydrogens is 226 g/mol. The minimum atomic E-state index is -0.288. The number of ketones is 1. The van der Waals surface area contributed by atoms with Gasteiger partial charge in [0.1, 0.15) is 5.78 Å². The number of nitrogens with two attached hydrogens (primary N) is 1. The Morgan fingerprint density at radius 1 is 1.33 bits per heavy atom. The molecule has 0 fully saturated rings. The van der Waals surface area contributed by atoms with Gasteiger partial charge in [-0.05, 0) is 18.4 Å². The Morgan fingerprint density at radius 3 is 2.72 bits per heavy atom. The second-order valence-electron chi connectivity index (χ2n) is 4.50. The van der Waals surface area contributed by atoms with Crippen molar-refractivity contribution in [1.82, 2.24) is 0 Å². The van der Waals surface area contributed by atoms with Crippen molar-refractivity contribution in [3.63, 3.8) is 0 Å². The highest BCUT2D eigenvalue weighted by atomic mass is 16.5. The average molecular weight is 249 g/mol. The maximum absolute atomic E-state index is 11.6. The van der Waals surface area contributed by atoms with Crippen molar-refractivity contribution in [3.05, 3.63) is 35.9 Å². The lowest BCUT2D eigenvalue weighted by molar-refractivity contribution is -0.120. The largest absolute Gasteiger partial charge is 0.377 e. The van der Waals surface area contributed by atoms with Gasteiger partial charge in [0.15, 0.2) is 0 Å². The molecule has 0 spiro atoms. The summed E-state index contributed by atoms with van der Waals surface area (Å²) in [6, 6.07) is 9.74. The normalized spacial score (nSPS) is 12.3. The second-order valence-corrected chi connectivity index (χ2v) is 4.50. The van der Waals surface area contributed by atoms with Crippen molar-refractivity contribution in [3.8, 4) is 0 Å². The number of rotatable bonds is 9. The van der Waals surface area contributed by atoms with E-state index in [0.29, 0.717) is 19.6 Å². The highest BCUT2D eigenvalue weighted by Gasteiger charge is 2.11. The third-order valence-corrected chi connectivity index (χ3v) is 2.84. The van der Waals surface area contributed by atoms with E-state index in [9.17, 15) is 4.79 Å². The van der Waals surface area contributed by atoms with E-state index in [1.165, 1.54) is 0 Å². The molecule has 0 amide bonds. The first-order valence-electron chi connectivity index (χ1n) is 6.64. The van der Waals surface area contributed by atoms with Gasteiger partial charge in [0.25, 0.3) is 0 Å². The Morgan fingerprint density at radius 2 is 2.06 bits per heavy atom. The van der Waals surface area contributed by atoms with Crippen LogP contribution in [0.4, 0.5) is 0 Å². The lowest BCUT2D eigenvalue weighted by atomic mass is 10.0. The van der Waals surface area contributed by atoms with Crippen molar-refractivity contribution in [2.75, 3.05) is 6.61 Å². The number of ether oxygens (including phenoxy) is 1. The van der Waals surface area contributed by atoms with E-state index in [-0.39, 0.29) is 11.8 Å². The van der Waals surface area contributed by atoms with E-state index in [2.05, 4.69) is 0 Å². The van der Waals surface area contributed by atoms with E-state index in [4.69, 9.17) is 10.5 Å². The van der Waals surface area contributed by atoms with Crippen molar-refractivity contribution in [2.45, 2.75) is 45.3 Å². The third-order valence-electron chi connectivity index (χ3n) is 2.84. The van der Waals surface area contributed by atoms with Gasteiger partial charge in [-0.3, -0.25) is 4.79 Å². The van der Waals surface area contributed by atoms with E-state index in [1.807, 2.05) is 37.3 Å². The molecule has 100 valence electrons. The number of carbonyl (C=O) groups is 1. The Balaban J connectivity index is 2.07. The third kappa shape index (κ3) is 5.94. The molecule has 0 saturated heterocycles. The maximum atomic E-state index is 11.6. The van der Waals surface area contributed by atoms with E-state index in [0.717, 1.165) is 24.8 Å². The van der Waals surface area contributed by atoms with Crippen LogP contribution >= 0.6 is 0 Å². The number of carbonyl (C=O) groups excluding carboxylic acids is 1. The van der Waals surface area contributed by atoms with Crippen molar-refractivity contribution in [1.29, 1.82) is 0 Å². The molecule has 18 heavy (non-hydrogen) atoms. The molecule has 0 aliphatic heterocycles. The highest BCUT2D eigenvalue weighted by Crippen LogP contribution is 2.04. The zero-order valence-electron chi connectivity index (χ0n) is 11.1. The molecule has 0 heterocycles. The van der Waals surface area contributed by atoms with Gasteiger partial charge < -0.3 is 10.5 Å². The van der Waals surface area contributed by atoms with Gasteiger partial charge in [0, 0.05) is 13.0 Å². The van der Waals surface area contributed by atoms with Crippen LogP contribution in [0.3, 0.4) is 0 Å². The van der Waals surface area contributed by atoms with Crippen molar-refractivity contribution in [2.24, 2.45) is 5.73 Å². The van der Waals surface area contributed by atoms with Gasteiger partial charge in [-0.2, -0.15) is 0 Å². The van der Waals surface area contributed by atoms with Gasteiger partial charge in [-0.25, -0.2) is 0 Å². The lowest BCUT2D eigenvalue weighted by Crippen LogP contribution is -2.30. The van der Waals surface area contributed by atoms with Crippen molar-refractivity contribution >= 4 is 5.78 Å². The summed E-state index contributed by atoms with van der Waals surface area (Å²) in [6.07, 6.45) is 3.01. The molecule has 3 nitrogen and oxygen atoms in total. The predicted octanol–water partition coefficient (Wildman–Crippen LogP) is 2.68. The monoisotopic (exact) mass is 249 g/mol. The van der Waals surface area contributed by atoms with Crippen LogP contribution in [-0.4, -0.2) is 18.4 Å². The summed E-state index contributed by atoms with van der Waals surface area (Å²) in [4.78, 5) is 11.6. The molecule has 0 saturated carbocycles. The molecule has 2 N–H and O–H groups in total. The molecule has 0 radical (unpaired) electrons. The Kier molecular flexibility index (Phi) is 7.30. The van der Waals surface area contributed by atoms with Crippen LogP contribution in [0.15, 0.2) is 30.3 Å². The molecule has 0 aliphatic carbocycles. The second kappa shape index (κ2) is 8.84. The van der Waals surface area contributed by atoms with E-state index >= 15 is 0 Å². The lowest BCUT2D eigenvalue weighted by Gasteiger charge is -2.09. The first-order valence-corrected chi connectivity index (χ1v) is 6.64. The number of benzene rings is 1. The fourth-order valence-electron chi connectivity index (χ4n) is 1.77. The SMILES string of the molecule is CCC[C@@H](N)C(=O)CCCOCc1ccccc1. The molecule has 0 aliphatic rings. The Labute approximate surface area is 109 Å². The summed E-state index contributed by atoms with van der Waals surface area (Å²) in [6.45, 7) is 3.26. The summed E-state index contributed by atoms with van der Waals surface area (Å²) < 4.78 is 5.52. The highest BCUT2D eigenvalue weighted by molar-refractivity contribution is 5.83. The standard InChI is InChI=1S/C15H23NO2/c1-2-7-14(16)15(17)10-6-11-18-12-13-8-4-3-5-9-13/h3-5,8-9,14H,2,6-7,10-12,16H2,1H3/t14-/m1/s1. The maximum Gasteiger partial charge on any atom is 0.149 e.